The highest BCUT2D eigenvalue weighted by atomic mass is 16.5. The number of aliphatic imine (C=N–C) groups is 1. The summed E-state index contributed by atoms with van der Waals surface area (Å²) < 4.78 is 7.77. The van der Waals surface area contributed by atoms with E-state index in [4.69, 9.17) is 20.6 Å². The quantitative estimate of drug-likeness (QED) is 0.344. The van der Waals surface area contributed by atoms with Gasteiger partial charge in [0.1, 0.15) is 29.5 Å². The van der Waals surface area contributed by atoms with E-state index in [0.717, 1.165) is 68.4 Å². The average molecular weight is 542 g/mol. The molecule has 4 heterocycles. The van der Waals surface area contributed by atoms with Gasteiger partial charge in [-0.3, -0.25) is 14.8 Å². The van der Waals surface area contributed by atoms with Crippen LogP contribution >= 0.6 is 0 Å². The van der Waals surface area contributed by atoms with Crippen LogP contribution in [-0.4, -0.2) is 62.5 Å². The lowest BCUT2D eigenvalue weighted by molar-refractivity contribution is -0.129. The molecule has 10 nitrogen and oxygen atoms in total. The van der Waals surface area contributed by atoms with Crippen molar-refractivity contribution in [2.45, 2.75) is 45.3 Å². The minimum absolute atomic E-state index is 0.0155. The fourth-order valence-corrected chi connectivity index (χ4v) is 5.60. The summed E-state index contributed by atoms with van der Waals surface area (Å²) in [5.41, 5.74) is 10.6. The topological polar surface area (TPSA) is 142 Å². The number of nitrogens with two attached hydrogens (primary N) is 1. The van der Waals surface area contributed by atoms with E-state index in [1.807, 2.05) is 42.3 Å². The molecule has 0 bridgehead atoms. The number of pyridine rings is 2. The Labute approximate surface area is 234 Å². The summed E-state index contributed by atoms with van der Waals surface area (Å²) in [6.07, 6.45) is 12.1. The molecule has 40 heavy (non-hydrogen) atoms. The molecule has 3 N–H and O–H groups in total. The summed E-state index contributed by atoms with van der Waals surface area (Å²) >= 11 is 0. The number of carbonyl (C=O) groups excluding carboxylic acids is 1. The van der Waals surface area contributed by atoms with E-state index in [-0.39, 0.29) is 24.0 Å². The zero-order valence-electron chi connectivity index (χ0n) is 23.0. The summed E-state index contributed by atoms with van der Waals surface area (Å²) in [6, 6.07) is 9.94. The molecule has 208 valence electrons. The van der Waals surface area contributed by atoms with Gasteiger partial charge in [-0.05, 0) is 62.3 Å². The third-order valence-electron chi connectivity index (χ3n) is 7.69. The molecular formula is C30H35N7O3. The Morgan fingerprint density at radius 1 is 1.35 bits per heavy atom. The Morgan fingerprint density at radius 2 is 2.10 bits per heavy atom. The molecule has 3 aromatic rings. The lowest BCUT2D eigenvalue weighted by Gasteiger charge is -2.51. The average Bonchev–Trinajstić information content (AvgIpc) is 3.40. The number of ether oxygens (including phenoxy) is 1. The third-order valence-corrected chi connectivity index (χ3v) is 7.69. The number of nitriles is 1. The number of amides is 1. The maximum atomic E-state index is 11.9. The highest BCUT2D eigenvalue weighted by Crippen LogP contribution is 2.50. The maximum absolute atomic E-state index is 11.9. The second-order valence-corrected chi connectivity index (χ2v) is 10.1. The molecule has 1 aliphatic heterocycles. The van der Waals surface area contributed by atoms with E-state index in [9.17, 15) is 10.1 Å². The van der Waals surface area contributed by atoms with Gasteiger partial charge in [0, 0.05) is 55.6 Å². The number of aliphatic hydroxyl groups excluding tert-OH is 1. The lowest BCUT2D eigenvalue weighted by atomic mass is 9.60. The number of aromatic nitrogens is 3. The van der Waals surface area contributed by atoms with Crippen LogP contribution < -0.4 is 10.5 Å². The van der Waals surface area contributed by atoms with Crippen molar-refractivity contribution in [1.82, 2.24) is 19.5 Å². The first kappa shape index (κ1) is 28.5. The Bertz CT molecular complexity index is 1450. The van der Waals surface area contributed by atoms with Gasteiger partial charge in [0.25, 0.3) is 0 Å². The van der Waals surface area contributed by atoms with E-state index in [1.54, 1.807) is 16.9 Å². The van der Waals surface area contributed by atoms with Crippen LogP contribution in [0.15, 0.2) is 66.7 Å². The van der Waals surface area contributed by atoms with Crippen molar-refractivity contribution in [2.24, 2.45) is 16.1 Å². The molecule has 1 aliphatic carbocycles. The molecule has 2 fully saturated rings. The van der Waals surface area contributed by atoms with Gasteiger partial charge in [-0.25, -0.2) is 4.52 Å². The van der Waals surface area contributed by atoms with Crippen molar-refractivity contribution >= 4 is 22.7 Å². The predicted molar refractivity (Wildman–Crippen MR) is 153 cm³/mol. The van der Waals surface area contributed by atoms with Crippen molar-refractivity contribution in [2.75, 3.05) is 20.2 Å². The van der Waals surface area contributed by atoms with Crippen LogP contribution in [-0.2, 0) is 11.4 Å². The van der Waals surface area contributed by atoms with Crippen molar-refractivity contribution in [3.8, 4) is 11.8 Å². The van der Waals surface area contributed by atoms with E-state index >= 15 is 0 Å². The number of nitrogens with zero attached hydrogens (tertiary/aromatic N) is 6. The summed E-state index contributed by atoms with van der Waals surface area (Å²) in [6.45, 7) is 7.39. The van der Waals surface area contributed by atoms with Crippen LogP contribution in [0.2, 0.25) is 0 Å². The molecule has 0 radical (unpaired) electrons. The predicted octanol–water partition coefficient (Wildman–Crippen LogP) is 3.51. The minimum Gasteiger partial charge on any atom is -0.485 e. The number of fused-ring (bicyclic) bond motifs is 1. The molecule has 1 saturated carbocycles. The SMILES string of the molecule is C=CC(=O)N1CCC2(CC1)CC(N=C(C)/C(=C\N)c1cc(OCc3ccccn3)c3c(C#N)cnn3c1)C2.CO. The molecule has 10 heteroatoms. The van der Waals surface area contributed by atoms with Gasteiger partial charge < -0.3 is 20.5 Å². The second-order valence-electron chi connectivity index (χ2n) is 10.1. The Hall–Kier alpha value is -4.49. The van der Waals surface area contributed by atoms with Gasteiger partial charge in [0.05, 0.1) is 17.9 Å². The van der Waals surface area contributed by atoms with Crippen molar-refractivity contribution in [3.63, 3.8) is 0 Å². The molecule has 2 aliphatic rings. The Balaban J connectivity index is 0.00000181. The zero-order chi connectivity index (χ0) is 28.7. The van der Waals surface area contributed by atoms with E-state index in [2.05, 4.69) is 22.7 Å². The van der Waals surface area contributed by atoms with Gasteiger partial charge in [-0.2, -0.15) is 10.4 Å². The monoisotopic (exact) mass is 541 g/mol. The van der Waals surface area contributed by atoms with Crippen molar-refractivity contribution in [3.05, 3.63) is 78.5 Å². The van der Waals surface area contributed by atoms with Gasteiger partial charge in [0.2, 0.25) is 5.91 Å². The smallest absolute Gasteiger partial charge is 0.245 e. The molecule has 3 aromatic heterocycles. The van der Waals surface area contributed by atoms with Crippen LogP contribution in [0, 0.1) is 16.7 Å². The van der Waals surface area contributed by atoms with Gasteiger partial charge >= 0.3 is 0 Å². The molecule has 0 unspecified atom stereocenters. The first-order valence-electron chi connectivity index (χ1n) is 13.2. The molecule has 5 rings (SSSR count). The maximum Gasteiger partial charge on any atom is 0.245 e. The highest BCUT2D eigenvalue weighted by molar-refractivity contribution is 6.22. The van der Waals surface area contributed by atoms with E-state index in [1.165, 1.54) is 12.3 Å². The van der Waals surface area contributed by atoms with Crippen LogP contribution in [0.1, 0.15) is 49.4 Å². The summed E-state index contributed by atoms with van der Waals surface area (Å²) in [5, 5.41) is 21.0. The van der Waals surface area contributed by atoms with Gasteiger partial charge in [0.15, 0.2) is 0 Å². The van der Waals surface area contributed by atoms with Gasteiger partial charge in [-0.15, -0.1) is 0 Å². The summed E-state index contributed by atoms with van der Waals surface area (Å²) in [5.74, 6) is 0.541. The highest BCUT2D eigenvalue weighted by Gasteiger charge is 2.46. The second kappa shape index (κ2) is 12.6. The number of allylic oxidation sites excluding steroid dienone is 1. The number of hydrogen-bond donors (Lipinski definition) is 2. The van der Waals surface area contributed by atoms with Crippen LogP contribution in [0.5, 0.6) is 5.75 Å². The number of piperidine rings is 1. The molecule has 1 spiro atoms. The fraction of sp³-hybridized carbons (Fsp3) is 0.367. The number of rotatable bonds is 7. The molecule has 0 atom stereocenters. The van der Waals surface area contributed by atoms with Crippen LogP contribution in [0.3, 0.4) is 0 Å². The number of hydrogen-bond acceptors (Lipinski definition) is 8. The molecular weight excluding hydrogens is 506 g/mol. The summed E-state index contributed by atoms with van der Waals surface area (Å²) in [4.78, 5) is 23.1. The molecule has 1 amide bonds. The first-order valence-corrected chi connectivity index (χ1v) is 13.2. The van der Waals surface area contributed by atoms with Crippen molar-refractivity contribution in [1.29, 1.82) is 5.26 Å². The summed E-state index contributed by atoms with van der Waals surface area (Å²) in [7, 11) is 1.00. The Morgan fingerprint density at radius 3 is 2.73 bits per heavy atom. The number of carbonyl (C=O) groups is 1. The van der Waals surface area contributed by atoms with Crippen LogP contribution in [0.25, 0.3) is 11.1 Å². The standard InChI is InChI=1S/C29H31N7O2.CH4O/c1-3-27(37)35-10-7-29(8-11-35)13-24(14-29)34-20(2)25(16-31)21-12-26(38-19-23-6-4-5-9-32-23)28-22(15-30)17-33-36(28)18-21;1-2/h3-6,9,12,16-18,24H,1,7-8,10-11,13-14,19,31H2,2H3;2H,1H3/b25-16+,34-20?;. The molecule has 0 aromatic carbocycles. The largest absolute Gasteiger partial charge is 0.485 e. The Kier molecular flexibility index (Phi) is 8.97. The van der Waals surface area contributed by atoms with Crippen molar-refractivity contribution < 1.29 is 14.6 Å². The first-order chi connectivity index (χ1) is 19.4. The number of likely N-dealkylation sites (tertiary alicyclic amines) is 1. The lowest BCUT2D eigenvalue weighted by Crippen LogP contribution is -2.49. The number of aliphatic hydroxyl groups is 1. The van der Waals surface area contributed by atoms with E-state index < -0.39 is 0 Å². The minimum atomic E-state index is 0.0155. The normalized spacial score (nSPS) is 17.0. The zero-order valence-corrected chi connectivity index (χ0v) is 23.0. The fourth-order valence-electron chi connectivity index (χ4n) is 5.60. The van der Waals surface area contributed by atoms with Gasteiger partial charge in [-0.1, -0.05) is 12.6 Å². The van der Waals surface area contributed by atoms with Crippen LogP contribution in [0.4, 0.5) is 0 Å². The van der Waals surface area contributed by atoms with E-state index in [0.29, 0.717) is 16.8 Å². The third kappa shape index (κ3) is 5.90. The molecule has 1 saturated heterocycles.